The maximum Gasteiger partial charge on any atom is 0.344 e. The normalized spacial score (nSPS) is 11.6. The van der Waals surface area contributed by atoms with E-state index in [0.717, 1.165) is 16.6 Å². The topological polar surface area (TPSA) is 108 Å². The molecule has 0 fully saturated rings. The largest absolute Gasteiger partial charge is 0.507 e. The summed E-state index contributed by atoms with van der Waals surface area (Å²) in [6.45, 7) is 3.18. The summed E-state index contributed by atoms with van der Waals surface area (Å²) >= 11 is 0. The maximum atomic E-state index is 11.9. The van der Waals surface area contributed by atoms with E-state index < -0.39 is 12.6 Å². The lowest BCUT2D eigenvalue weighted by atomic mass is 10.1. The van der Waals surface area contributed by atoms with Crippen LogP contribution < -0.4 is 4.74 Å². The zero-order chi connectivity index (χ0) is 20.1. The molecule has 0 aliphatic carbocycles. The Balaban J connectivity index is 1.62. The fourth-order valence-electron chi connectivity index (χ4n) is 2.53. The lowest BCUT2D eigenvalue weighted by molar-refractivity contribution is -0.145. The quantitative estimate of drug-likeness (QED) is 0.386. The van der Waals surface area contributed by atoms with Gasteiger partial charge in [0.15, 0.2) is 18.2 Å². The second-order valence-electron chi connectivity index (χ2n) is 6.23. The number of H-pyrrole nitrogens is 1. The Bertz CT molecular complexity index is 1060. The highest BCUT2D eigenvalue weighted by molar-refractivity contribution is 5.83. The number of fused-ring (bicyclic) bond motifs is 1. The first-order valence-electron chi connectivity index (χ1n) is 8.61. The van der Waals surface area contributed by atoms with E-state index in [9.17, 15) is 15.2 Å². The number of carbonyl (C=O) groups excluding carboxylic acids is 1. The van der Waals surface area contributed by atoms with Gasteiger partial charge in [0, 0.05) is 0 Å². The number of carbonyl (C=O) groups is 1. The van der Waals surface area contributed by atoms with Crippen LogP contribution in [0, 0.1) is 25.2 Å². The van der Waals surface area contributed by atoms with Crippen LogP contribution >= 0.6 is 0 Å². The van der Waals surface area contributed by atoms with E-state index in [1.807, 2.05) is 50.2 Å². The first kappa shape index (κ1) is 19.0. The lowest BCUT2D eigenvalue weighted by Crippen LogP contribution is -2.16. The molecule has 0 bridgehead atoms. The van der Waals surface area contributed by atoms with Gasteiger partial charge in [0.1, 0.15) is 24.0 Å². The molecule has 2 aromatic carbocycles. The number of nitrogens with zero attached hydrogens (tertiary/aromatic N) is 2. The fraction of sp³-hybridized carbons (Fsp3) is 0.190. The van der Waals surface area contributed by atoms with Crippen molar-refractivity contribution < 1.29 is 19.4 Å². The predicted octanol–water partition coefficient (Wildman–Crippen LogP) is 3.59. The van der Waals surface area contributed by atoms with Crippen molar-refractivity contribution in [3.05, 3.63) is 65.2 Å². The molecule has 3 aromatic rings. The van der Waals surface area contributed by atoms with Crippen LogP contribution in [0.25, 0.3) is 16.6 Å². The SMILES string of the molecule is Cc1ccc(OCC(=O)OCC(O)=C(C#N)c2nc3ccccc3[nH]2)cc1C. The molecular weight excluding hydrogens is 358 g/mol. The van der Waals surface area contributed by atoms with Gasteiger partial charge in [0.25, 0.3) is 0 Å². The Hall–Kier alpha value is -3.79. The van der Waals surface area contributed by atoms with Crippen LogP contribution in [0.3, 0.4) is 0 Å². The van der Waals surface area contributed by atoms with Crippen molar-refractivity contribution in [2.45, 2.75) is 13.8 Å². The summed E-state index contributed by atoms with van der Waals surface area (Å²) in [5, 5.41) is 19.5. The number of esters is 1. The average molecular weight is 377 g/mol. The van der Waals surface area contributed by atoms with Crippen LogP contribution in [0.2, 0.25) is 0 Å². The zero-order valence-electron chi connectivity index (χ0n) is 15.5. The summed E-state index contributed by atoms with van der Waals surface area (Å²) in [4.78, 5) is 19.1. The Kier molecular flexibility index (Phi) is 5.61. The third-order valence-electron chi connectivity index (χ3n) is 4.23. The van der Waals surface area contributed by atoms with E-state index in [1.165, 1.54) is 0 Å². The standard InChI is InChI=1S/C21H19N3O4/c1-13-7-8-15(9-14(13)2)27-12-20(26)28-11-19(25)16(10-22)21-23-17-5-3-4-6-18(17)24-21/h3-9,25H,11-12H2,1-2H3,(H,23,24). The minimum Gasteiger partial charge on any atom is -0.507 e. The summed E-state index contributed by atoms with van der Waals surface area (Å²) in [6, 6.07) is 14.6. The molecule has 0 spiro atoms. The Morgan fingerprint density at radius 3 is 2.68 bits per heavy atom. The van der Waals surface area contributed by atoms with Crippen molar-refractivity contribution in [2.24, 2.45) is 0 Å². The van der Waals surface area contributed by atoms with Gasteiger partial charge in [-0.3, -0.25) is 0 Å². The Morgan fingerprint density at radius 1 is 1.18 bits per heavy atom. The Labute approximate surface area is 161 Å². The van der Waals surface area contributed by atoms with Gasteiger partial charge in [-0.1, -0.05) is 18.2 Å². The lowest BCUT2D eigenvalue weighted by Gasteiger charge is -2.09. The number of rotatable bonds is 6. The number of imidazole rings is 1. The summed E-state index contributed by atoms with van der Waals surface area (Å²) < 4.78 is 10.4. The highest BCUT2D eigenvalue weighted by Gasteiger charge is 2.15. The van der Waals surface area contributed by atoms with Gasteiger partial charge < -0.3 is 19.6 Å². The molecule has 0 saturated carbocycles. The van der Waals surface area contributed by atoms with Crippen LogP contribution in [-0.4, -0.2) is 34.3 Å². The minimum absolute atomic E-state index is 0.0842. The van der Waals surface area contributed by atoms with E-state index in [1.54, 1.807) is 12.1 Å². The summed E-state index contributed by atoms with van der Waals surface area (Å²) in [7, 11) is 0. The molecule has 7 heteroatoms. The van der Waals surface area contributed by atoms with Gasteiger partial charge in [-0.2, -0.15) is 5.26 Å². The highest BCUT2D eigenvalue weighted by atomic mass is 16.6. The molecule has 1 aromatic heterocycles. The minimum atomic E-state index is -0.660. The van der Waals surface area contributed by atoms with Crippen molar-refractivity contribution in [2.75, 3.05) is 13.2 Å². The second kappa shape index (κ2) is 8.27. The second-order valence-corrected chi connectivity index (χ2v) is 6.23. The molecule has 0 atom stereocenters. The number of allylic oxidation sites excluding steroid dienone is 1. The number of hydrogen-bond acceptors (Lipinski definition) is 6. The number of para-hydroxylation sites is 2. The third kappa shape index (κ3) is 4.30. The number of aliphatic hydroxyl groups is 1. The number of aromatic amines is 1. The van der Waals surface area contributed by atoms with Crippen LogP contribution in [0.15, 0.2) is 48.2 Å². The van der Waals surface area contributed by atoms with E-state index in [-0.39, 0.29) is 23.8 Å². The molecule has 0 unspecified atom stereocenters. The molecule has 0 aliphatic heterocycles. The van der Waals surface area contributed by atoms with Crippen LogP contribution in [0.5, 0.6) is 5.75 Å². The molecule has 0 aliphatic rings. The first-order chi connectivity index (χ1) is 13.5. The molecule has 7 nitrogen and oxygen atoms in total. The van der Waals surface area contributed by atoms with Crippen molar-refractivity contribution in [3.63, 3.8) is 0 Å². The maximum absolute atomic E-state index is 11.9. The van der Waals surface area contributed by atoms with Gasteiger partial charge in [0.2, 0.25) is 0 Å². The van der Waals surface area contributed by atoms with Crippen molar-refractivity contribution in [3.8, 4) is 11.8 Å². The number of ether oxygens (including phenoxy) is 2. The summed E-state index contributed by atoms with van der Waals surface area (Å²) in [6.07, 6.45) is 0. The van der Waals surface area contributed by atoms with Gasteiger partial charge in [-0.25, -0.2) is 9.78 Å². The average Bonchev–Trinajstić information content (AvgIpc) is 3.11. The number of aliphatic hydroxyl groups excluding tert-OH is 1. The van der Waals surface area contributed by atoms with Gasteiger partial charge in [0.05, 0.1) is 11.0 Å². The zero-order valence-corrected chi connectivity index (χ0v) is 15.5. The molecule has 28 heavy (non-hydrogen) atoms. The number of benzene rings is 2. The van der Waals surface area contributed by atoms with Crippen LogP contribution in [0.1, 0.15) is 17.0 Å². The predicted molar refractivity (Wildman–Crippen MR) is 104 cm³/mol. The van der Waals surface area contributed by atoms with Gasteiger partial charge >= 0.3 is 5.97 Å². The third-order valence-corrected chi connectivity index (χ3v) is 4.23. The van der Waals surface area contributed by atoms with Crippen molar-refractivity contribution in [1.82, 2.24) is 9.97 Å². The molecule has 0 amide bonds. The summed E-state index contributed by atoms with van der Waals surface area (Å²) in [5.74, 6) is -0.281. The molecule has 1 heterocycles. The van der Waals surface area contributed by atoms with Crippen LogP contribution in [0.4, 0.5) is 0 Å². The molecule has 2 N–H and O–H groups in total. The van der Waals surface area contributed by atoms with E-state index >= 15 is 0 Å². The number of nitriles is 1. The number of aromatic nitrogens is 2. The van der Waals surface area contributed by atoms with E-state index in [0.29, 0.717) is 11.3 Å². The van der Waals surface area contributed by atoms with Crippen LogP contribution in [-0.2, 0) is 9.53 Å². The molecule has 0 radical (unpaired) electrons. The van der Waals surface area contributed by atoms with E-state index in [2.05, 4.69) is 9.97 Å². The van der Waals surface area contributed by atoms with Crippen molar-refractivity contribution in [1.29, 1.82) is 5.26 Å². The Morgan fingerprint density at radius 2 is 1.96 bits per heavy atom. The number of aryl methyl sites for hydroxylation is 2. The van der Waals surface area contributed by atoms with Gasteiger partial charge in [-0.05, 0) is 49.2 Å². The van der Waals surface area contributed by atoms with E-state index in [4.69, 9.17) is 9.47 Å². The molecule has 142 valence electrons. The fourth-order valence-corrected chi connectivity index (χ4v) is 2.53. The van der Waals surface area contributed by atoms with Crippen molar-refractivity contribution >= 4 is 22.6 Å². The monoisotopic (exact) mass is 377 g/mol. The number of nitrogens with one attached hydrogen (secondary N) is 1. The molecular formula is C21H19N3O4. The molecule has 3 rings (SSSR count). The first-order valence-corrected chi connectivity index (χ1v) is 8.61. The number of hydrogen-bond donors (Lipinski definition) is 2. The highest BCUT2D eigenvalue weighted by Crippen LogP contribution is 2.19. The summed E-state index contributed by atoms with van der Waals surface area (Å²) in [5.41, 5.74) is 3.49. The smallest absolute Gasteiger partial charge is 0.344 e. The van der Waals surface area contributed by atoms with Gasteiger partial charge in [-0.15, -0.1) is 0 Å². The molecule has 0 saturated heterocycles.